The van der Waals surface area contributed by atoms with Crippen molar-refractivity contribution in [2.75, 3.05) is 33.4 Å². The summed E-state index contributed by atoms with van der Waals surface area (Å²) in [7, 11) is 1.53. The second-order valence-electron chi connectivity index (χ2n) is 7.64. The third-order valence-corrected chi connectivity index (χ3v) is 5.76. The van der Waals surface area contributed by atoms with E-state index >= 15 is 0 Å². The molecule has 0 saturated carbocycles. The number of aromatic nitrogens is 2. The first-order chi connectivity index (χ1) is 13.3. The molecule has 3 heterocycles. The Bertz CT molecular complexity index is 869. The number of carbonyl (C=O) groups is 1. The number of aromatic amines is 1. The molecule has 1 amide bonds. The van der Waals surface area contributed by atoms with E-state index in [0.29, 0.717) is 31.0 Å². The predicted octanol–water partition coefficient (Wildman–Crippen LogP) is 2.72. The van der Waals surface area contributed by atoms with E-state index in [1.54, 1.807) is 21.9 Å². The molecule has 1 aromatic heterocycles. The van der Waals surface area contributed by atoms with Crippen molar-refractivity contribution < 1.29 is 18.3 Å². The number of rotatable bonds is 6. The maximum atomic E-state index is 13.8. The lowest BCUT2D eigenvalue weighted by atomic mass is 10.0. The van der Waals surface area contributed by atoms with Crippen molar-refractivity contribution in [2.24, 2.45) is 0 Å². The minimum Gasteiger partial charge on any atom is -0.383 e. The number of nitrogens with zero attached hydrogens (tertiary/aromatic N) is 3. The summed E-state index contributed by atoms with van der Waals surface area (Å²) in [4.78, 5) is 23.6. The Labute approximate surface area is 166 Å². The number of carbonyl (C=O) groups excluding carboxylic acids is 1. The number of H-pyrrole nitrogens is 1. The molecular weight excluding hydrogens is 390 g/mol. The minimum atomic E-state index is -2.68. The van der Waals surface area contributed by atoms with Crippen molar-refractivity contribution in [2.45, 2.75) is 37.3 Å². The monoisotopic (exact) mass is 412 g/mol. The molecule has 0 unspecified atom stereocenters. The maximum Gasteiger partial charge on any atom is 0.262 e. The van der Waals surface area contributed by atoms with Gasteiger partial charge in [0.2, 0.25) is 5.91 Å². The summed E-state index contributed by atoms with van der Waals surface area (Å²) in [5, 5.41) is 0.629. The second-order valence-corrected chi connectivity index (χ2v) is 8.08. The molecule has 1 aromatic carbocycles. The molecule has 152 valence electrons. The number of hydrogen-bond donors (Lipinski definition) is 1. The molecule has 0 aliphatic carbocycles. The largest absolute Gasteiger partial charge is 0.383 e. The van der Waals surface area contributed by atoms with Gasteiger partial charge in [-0.15, -0.1) is 0 Å². The molecule has 2 aliphatic rings. The first kappa shape index (κ1) is 19.5. The van der Waals surface area contributed by atoms with E-state index in [4.69, 9.17) is 16.3 Å². The lowest BCUT2D eigenvalue weighted by Crippen LogP contribution is -2.62. The number of likely N-dealkylation sites (tertiary alicyclic amines) is 2. The van der Waals surface area contributed by atoms with Gasteiger partial charge in [-0.3, -0.25) is 9.69 Å². The second kappa shape index (κ2) is 7.57. The topological polar surface area (TPSA) is 61.5 Å². The number of methoxy groups -OCH3 is 1. The fourth-order valence-electron chi connectivity index (χ4n) is 4.10. The summed E-state index contributed by atoms with van der Waals surface area (Å²) in [6.45, 7) is 1.01. The van der Waals surface area contributed by atoms with E-state index in [9.17, 15) is 13.6 Å². The van der Waals surface area contributed by atoms with Crippen LogP contribution in [0.15, 0.2) is 18.2 Å². The molecule has 2 aliphatic heterocycles. The molecule has 1 atom stereocenters. The first-order valence-electron chi connectivity index (χ1n) is 9.39. The summed E-state index contributed by atoms with van der Waals surface area (Å²) in [6.07, 6.45) is 0.652. The highest BCUT2D eigenvalue weighted by Crippen LogP contribution is 2.35. The van der Waals surface area contributed by atoms with Crippen LogP contribution in [0.25, 0.3) is 11.0 Å². The molecule has 0 bridgehead atoms. The summed E-state index contributed by atoms with van der Waals surface area (Å²) < 4.78 is 32.6. The van der Waals surface area contributed by atoms with Crippen molar-refractivity contribution >= 4 is 28.5 Å². The smallest absolute Gasteiger partial charge is 0.262 e. The minimum absolute atomic E-state index is 0.0176. The highest BCUT2D eigenvalue weighted by Gasteiger charge is 2.50. The average Bonchev–Trinajstić information content (AvgIpc) is 3.11. The molecule has 4 rings (SSSR count). The Kier molecular flexibility index (Phi) is 5.28. The number of amides is 1. The van der Waals surface area contributed by atoms with Crippen molar-refractivity contribution in [3.63, 3.8) is 0 Å². The molecule has 0 spiro atoms. The average molecular weight is 413 g/mol. The molecule has 28 heavy (non-hydrogen) atoms. The van der Waals surface area contributed by atoms with Gasteiger partial charge in [0, 0.05) is 56.6 Å². The summed E-state index contributed by atoms with van der Waals surface area (Å²) in [5.74, 6) is -1.93. The highest BCUT2D eigenvalue weighted by molar-refractivity contribution is 6.31. The Morgan fingerprint density at radius 2 is 2.21 bits per heavy atom. The van der Waals surface area contributed by atoms with E-state index < -0.39 is 5.92 Å². The van der Waals surface area contributed by atoms with E-state index in [2.05, 4.69) is 9.97 Å². The van der Waals surface area contributed by atoms with Gasteiger partial charge in [-0.1, -0.05) is 11.6 Å². The lowest BCUT2D eigenvalue weighted by Gasteiger charge is -2.45. The van der Waals surface area contributed by atoms with Crippen LogP contribution in [0.5, 0.6) is 0 Å². The van der Waals surface area contributed by atoms with Crippen LogP contribution in [0.4, 0.5) is 8.78 Å². The molecule has 2 fully saturated rings. The van der Waals surface area contributed by atoms with Crippen molar-refractivity contribution in [3.05, 3.63) is 29.0 Å². The highest BCUT2D eigenvalue weighted by atomic mass is 35.5. The fraction of sp³-hybridized carbons (Fsp3) is 0.579. The van der Waals surface area contributed by atoms with Crippen LogP contribution in [0.2, 0.25) is 5.02 Å². The number of alkyl halides is 2. The van der Waals surface area contributed by atoms with Gasteiger partial charge < -0.3 is 14.6 Å². The maximum absolute atomic E-state index is 13.8. The van der Waals surface area contributed by atoms with Crippen LogP contribution in [0.1, 0.15) is 18.7 Å². The van der Waals surface area contributed by atoms with Crippen LogP contribution >= 0.6 is 11.6 Å². The molecule has 6 nitrogen and oxygen atoms in total. The molecule has 2 aromatic rings. The number of hydrogen-bond acceptors (Lipinski definition) is 4. The summed E-state index contributed by atoms with van der Waals surface area (Å²) >= 11 is 5.97. The molecule has 0 radical (unpaired) electrons. The molecule has 1 N–H and O–H groups in total. The van der Waals surface area contributed by atoms with Gasteiger partial charge in [-0.05, 0) is 18.2 Å². The number of imidazole rings is 1. The normalized spacial score (nSPS) is 22.7. The Hall–Kier alpha value is -1.77. The third-order valence-electron chi connectivity index (χ3n) is 5.53. The third kappa shape index (κ3) is 3.99. The van der Waals surface area contributed by atoms with Crippen molar-refractivity contribution in [1.82, 2.24) is 19.8 Å². The van der Waals surface area contributed by atoms with E-state index in [-0.39, 0.29) is 37.6 Å². The van der Waals surface area contributed by atoms with E-state index in [1.165, 1.54) is 7.11 Å². The van der Waals surface area contributed by atoms with E-state index in [1.807, 2.05) is 6.07 Å². The van der Waals surface area contributed by atoms with Gasteiger partial charge in [0.25, 0.3) is 5.92 Å². The van der Waals surface area contributed by atoms with Gasteiger partial charge in [-0.25, -0.2) is 13.8 Å². The van der Waals surface area contributed by atoms with Crippen LogP contribution in [0.3, 0.4) is 0 Å². The zero-order valence-corrected chi connectivity index (χ0v) is 16.4. The van der Waals surface area contributed by atoms with Gasteiger partial charge in [-0.2, -0.15) is 0 Å². The Balaban J connectivity index is 1.29. The number of ether oxygens (including phenoxy) is 1. The number of fused-ring (bicyclic) bond motifs is 1. The molecular formula is C19H23ClF2N4O2. The number of nitrogens with one attached hydrogen (secondary N) is 1. The van der Waals surface area contributed by atoms with Crippen LogP contribution < -0.4 is 0 Å². The Morgan fingerprint density at radius 3 is 2.96 bits per heavy atom. The predicted molar refractivity (Wildman–Crippen MR) is 102 cm³/mol. The van der Waals surface area contributed by atoms with Gasteiger partial charge in [0.1, 0.15) is 5.82 Å². The van der Waals surface area contributed by atoms with Gasteiger partial charge in [0.15, 0.2) is 0 Å². The lowest BCUT2D eigenvalue weighted by molar-refractivity contribution is -0.139. The first-order valence-corrected chi connectivity index (χ1v) is 9.77. The fourth-order valence-corrected chi connectivity index (χ4v) is 4.27. The SMILES string of the molecule is COC[C@@H]1CC(F)(F)CN1C1CN(C(=O)CCc2nc3ccc(Cl)cc3[nH]2)C1. The van der Waals surface area contributed by atoms with Gasteiger partial charge in [0.05, 0.1) is 24.2 Å². The van der Waals surface area contributed by atoms with Crippen molar-refractivity contribution in [3.8, 4) is 0 Å². The quantitative estimate of drug-likeness (QED) is 0.792. The zero-order chi connectivity index (χ0) is 19.9. The summed E-state index contributed by atoms with van der Waals surface area (Å²) in [5.41, 5.74) is 1.66. The van der Waals surface area contributed by atoms with Crippen LogP contribution in [0, 0.1) is 0 Å². The van der Waals surface area contributed by atoms with Crippen LogP contribution in [-0.2, 0) is 16.0 Å². The standard InChI is InChI=1S/C19H23ClF2N4O2/c1-28-10-13-7-19(21,22)11-26(13)14-8-25(9-14)18(27)5-4-17-23-15-3-2-12(20)6-16(15)24-17/h2-3,6,13-14H,4-5,7-11H2,1H3,(H,23,24)/t13-/m0/s1. The van der Waals surface area contributed by atoms with Gasteiger partial charge >= 0.3 is 0 Å². The zero-order valence-electron chi connectivity index (χ0n) is 15.6. The molecule has 9 heteroatoms. The van der Waals surface area contributed by atoms with Crippen molar-refractivity contribution in [1.29, 1.82) is 0 Å². The number of benzene rings is 1. The van der Waals surface area contributed by atoms with E-state index in [0.717, 1.165) is 16.9 Å². The Morgan fingerprint density at radius 1 is 1.43 bits per heavy atom. The number of halogens is 3. The summed E-state index contributed by atoms with van der Waals surface area (Å²) in [6, 6.07) is 5.10. The van der Waals surface area contributed by atoms with Crippen LogP contribution in [-0.4, -0.2) is 77.0 Å². The molecule has 2 saturated heterocycles. The number of aryl methyl sites for hydroxylation is 1.